The Morgan fingerprint density at radius 3 is 2.71 bits per heavy atom. The Kier molecular flexibility index (Phi) is 3.97. The molecule has 2 aromatic heterocycles. The van der Waals surface area contributed by atoms with E-state index in [1.807, 2.05) is 25.1 Å². The Bertz CT molecular complexity index is 961. The lowest BCUT2D eigenvalue weighted by Crippen LogP contribution is -2.63. The number of hydrogen-bond acceptors (Lipinski definition) is 4. The van der Waals surface area contributed by atoms with Gasteiger partial charge in [-0.3, -0.25) is 9.78 Å². The Morgan fingerprint density at radius 2 is 2.00 bits per heavy atom. The summed E-state index contributed by atoms with van der Waals surface area (Å²) < 4.78 is 0. The Hall–Kier alpha value is -2.74. The highest BCUT2D eigenvalue weighted by Crippen LogP contribution is 2.61. The predicted octanol–water partition coefficient (Wildman–Crippen LogP) is 3.30. The monoisotopic (exact) mass is 372 g/mol. The second-order valence-corrected chi connectivity index (χ2v) is 8.99. The van der Waals surface area contributed by atoms with E-state index in [9.17, 15) is 4.79 Å². The van der Waals surface area contributed by atoms with Crippen LogP contribution in [-0.2, 0) is 0 Å². The number of rotatable bonds is 2. The van der Waals surface area contributed by atoms with Crippen molar-refractivity contribution < 1.29 is 4.79 Å². The van der Waals surface area contributed by atoms with Crippen molar-refractivity contribution in [1.29, 1.82) is 0 Å². The van der Waals surface area contributed by atoms with Gasteiger partial charge in [-0.2, -0.15) is 0 Å². The quantitative estimate of drug-likeness (QED) is 0.822. The summed E-state index contributed by atoms with van der Waals surface area (Å²) in [4.78, 5) is 25.7. The molecule has 0 aliphatic heterocycles. The highest BCUT2D eigenvalue weighted by Gasteiger charge is 2.57. The van der Waals surface area contributed by atoms with Gasteiger partial charge in [-0.15, -0.1) is 0 Å². The number of nitrogens with zero attached hydrogens (tertiary/aromatic N) is 3. The molecule has 142 valence electrons. The molecular weight excluding hydrogens is 348 g/mol. The second-order valence-electron chi connectivity index (χ2n) is 8.99. The summed E-state index contributed by atoms with van der Waals surface area (Å²) in [6.45, 7) is 1.86. The molecule has 2 unspecified atom stereocenters. The van der Waals surface area contributed by atoms with Crippen LogP contribution in [0.4, 0.5) is 0 Å². The highest BCUT2D eigenvalue weighted by molar-refractivity contribution is 5.92. The maximum atomic E-state index is 12.9. The fraction of sp³-hybridized carbons (Fsp3) is 0.478. The van der Waals surface area contributed by atoms with Gasteiger partial charge in [0.2, 0.25) is 0 Å². The lowest BCUT2D eigenvalue weighted by molar-refractivity contribution is -0.0484. The third-order valence-electron chi connectivity index (χ3n) is 6.55. The van der Waals surface area contributed by atoms with E-state index in [4.69, 9.17) is 0 Å². The summed E-state index contributed by atoms with van der Waals surface area (Å²) in [6.07, 6.45) is 11.6. The number of carbonyl (C=O) groups excluding carboxylic acids is 1. The average molecular weight is 372 g/mol. The van der Waals surface area contributed by atoms with Crippen molar-refractivity contribution in [2.24, 2.45) is 17.3 Å². The smallest absolute Gasteiger partial charge is 0.271 e. The Labute approximate surface area is 165 Å². The molecule has 4 saturated carbocycles. The van der Waals surface area contributed by atoms with Gasteiger partial charge in [0.25, 0.3) is 5.91 Å². The molecule has 0 aromatic carbocycles. The molecule has 2 aromatic rings. The summed E-state index contributed by atoms with van der Waals surface area (Å²) in [7, 11) is 0. The molecule has 2 atom stereocenters. The lowest BCUT2D eigenvalue weighted by atomic mass is 9.47. The van der Waals surface area contributed by atoms with Crippen molar-refractivity contribution in [2.75, 3.05) is 0 Å². The third-order valence-corrected chi connectivity index (χ3v) is 6.55. The van der Waals surface area contributed by atoms with E-state index in [1.54, 1.807) is 18.6 Å². The van der Waals surface area contributed by atoms with E-state index in [0.717, 1.165) is 43.5 Å². The van der Waals surface area contributed by atoms with E-state index in [-0.39, 0.29) is 16.9 Å². The van der Waals surface area contributed by atoms with Crippen molar-refractivity contribution in [2.45, 2.75) is 51.0 Å². The molecule has 0 spiro atoms. The zero-order valence-electron chi connectivity index (χ0n) is 16.1. The number of aryl methyl sites for hydroxylation is 1. The normalized spacial score (nSPS) is 32.5. The zero-order chi connectivity index (χ0) is 19.2. The standard InChI is InChI=1S/C23H24N4O/c1-16-13-24-14-20(26-16)21(28)27-23-11-17-8-18(12-23)10-22(9-17,15-23)6-5-19-4-2-3-7-25-19/h2-4,7,13-14,17-18H,8-12,15H2,1H3,(H,27,28). The first kappa shape index (κ1) is 17.4. The number of hydrogen-bond donors (Lipinski definition) is 1. The minimum absolute atomic E-state index is 0.00678. The van der Waals surface area contributed by atoms with Crippen LogP contribution in [0.15, 0.2) is 36.8 Å². The van der Waals surface area contributed by atoms with E-state index in [2.05, 4.69) is 32.1 Å². The summed E-state index contributed by atoms with van der Waals surface area (Å²) in [5.41, 5.74) is 1.82. The Balaban J connectivity index is 1.42. The first-order chi connectivity index (χ1) is 13.5. The molecule has 0 saturated heterocycles. The highest BCUT2D eigenvalue weighted by atomic mass is 16.2. The van der Waals surface area contributed by atoms with Crippen LogP contribution in [-0.4, -0.2) is 26.4 Å². The minimum atomic E-state index is -0.161. The van der Waals surface area contributed by atoms with Gasteiger partial charge >= 0.3 is 0 Å². The molecule has 28 heavy (non-hydrogen) atoms. The maximum absolute atomic E-state index is 12.9. The molecule has 6 rings (SSSR count). The molecule has 1 N–H and O–H groups in total. The van der Waals surface area contributed by atoms with Gasteiger partial charge in [0.05, 0.1) is 11.9 Å². The number of aromatic nitrogens is 3. The van der Waals surface area contributed by atoms with Crippen LogP contribution in [0.3, 0.4) is 0 Å². The van der Waals surface area contributed by atoms with Gasteiger partial charge in [0, 0.05) is 23.3 Å². The molecule has 4 aliphatic carbocycles. The van der Waals surface area contributed by atoms with Gasteiger partial charge in [-0.25, -0.2) is 9.97 Å². The molecule has 5 nitrogen and oxygen atoms in total. The van der Waals surface area contributed by atoms with Crippen LogP contribution in [0.5, 0.6) is 0 Å². The zero-order valence-corrected chi connectivity index (χ0v) is 16.1. The van der Waals surface area contributed by atoms with E-state index in [1.165, 1.54) is 6.42 Å². The van der Waals surface area contributed by atoms with Gasteiger partial charge in [0.1, 0.15) is 11.4 Å². The van der Waals surface area contributed by atoms with Crippen LogP contribution in [0.2, 0.25) is 0 Å². The molecule has 4 aliphatic rings. The minimum Gasteiger partial charge on any atom is -0.345 e. The van der Waals surface area contributed by atoms with E-state index >= 15 is 0 Å². The van der Waals surface area contributed by atoms with E-state index in [0.29, 0.717) is 17.5 Å². The van der Waals surface area contributed by atoms with Gasteiger partial charge in [-0.1, -0.05) is 12.0 Å². The summed E-state index contributed by atoms with van der Waals surface area (Å²) in [6, 6.07) is 5.84. The number of carbonyl (C=O) groups is 1. The largest absolute Gasteiger partial charge is 0.345 e. The van der Waals surface area contributed by atoms with Crippen LogP contribution in [0.25, 0.3) is 0 Å². The molecule has 0 radical (unpaired) electrons. The molecule has 5 heteroatoms. The van der Waals surface area contributed by atoms with Crippen LogP contribution >= 0.6 is 0 Å². The molecule has 2 heterocycles. The van der Waals surface area contributed by atoms with Crippen LogP contribution in [0.1, 0.15) is 60.4 Å². The number of nitrogens with one attached hydrogen (secondary N) is 1. The Morgan fingerprint density at radius 1 is 1.18 bits per heavy atom. The molecular formula is C23H24N4O. The number of pyridine rings is 1. The summed E-state index contributed by atoms with van der Waals surface area (Å²) in [5, 5.41) is 3.37. The summed E-state index contributed by atoms with van der Waals surface area (Å²) >= 11 is 0. The van der Waals surface area contributed by atoms with Crippen molar-refractivity contribution in [3.05, 3.63) is 53.9 Å². The fourth-order valence-electron chi connectivity index (χ4n) is 6.07. The van der Waals surface area contributed by atoms with Crippen LogP contribution in [0, 0.1) is 36.0 Å². The predicted molar refractivity (Wildman–Crippen MR) is 105 cm³/mol. The molecule has 4 bridgehead atoms. The van der Waals surface area contributed by atoms with Crippen molar-refractivity contribution in [3.63, 3.8) is 0 Å². The maximum Gasteiger partial charge on any atom is 0.271 e. The number of amides is 1. The second kappa shape index (κ2) is 6.41. The van der Waals surface area contributed by atoms with E-state index < -0.39 is 0 Å². The average Bonchev–Trinajstić information content (AvgIpc) is 2.66. The van der Waals surface area contributed by atoms with Crippen molar-refractivity contribution in [1.82, 2.24) is 20.3 Å². The van der Waals surface area contributed by atoms with Gasteiger partial charge in [0.15, 0.2) is 0 Å². The van der Waals surface area contributed by atoms with Gasteiger partial charge < -0.3 is 5.32 Å². The van der Waals surface area contributed by atoms with Gasteiger partial charge in [-0.05, 0) is 75.3 Å². The van der Waals surface area contributed by atoms with Crippen molar-refractivity contribution in [3.8, 4) is 11.8 Å². The third kappa shape index (κ3) is 3.17. The summed E-state index contributed by atoms with van der Waals surface area (Å²) in [5.74, 6) is 8.09. The van der Waals surface area contributed by atoms with Crippen molar-refractivity contribution >= 4 is 5.91 Å². The first-order valence-corrected chi connectivity index (χ1v) is 10.1. The van der Waals surface area contributed by atoms with Crippen LogP contribution < -0.4 is 5.32 Å². The topological polar surface area (TPSA) is 67.8 Å². The fourth-order valence-corrected chi connectivity index (χ4v) is 6.07. The molecule has 1 amide bonds. The molecule has 4 fully saturated rings. The first-order valence-electron chi connectivity index (χ1n) is 10.1. The SMILES string of the molecule is Cc1cncc(C(=O)NC23CC4CC(CC(C#Cc5ccccn5)(C4)C2)C3)n1. The lowest BCUT2D eigenvalue weighted by Gasteiger charge is -2.60.